The number of hydrogen-bond acceptors (Lipinski definition) is 5. The van der Waals surface area contributed by atoms with Crippen LogP contribution in [0.25, 0.3) is 0 Å². The fraction of sp³-hybridized carbons (Fsp3) is 0.500. The second-order valence-corrected chi connectivity index (χ2v) is 5.42. The quantitative estimate of drug-likeness (QED) is 0.668. The van der Waals surface area contributed by atoms with E-state index >= 15 is 0 Å². The SMILES string of the molecule is NC(=O)c1ccsc1NC(=O)CN(CCO)C1CC1. The van der Waals surface area contributed by atoms with Crippen molar-refractivity contribution < 1.29 is 14.7 Å². The highest BCUT2D eigenvalue weighted by Crippen LogP contribution is 2.27. The van der Waals surface area contributed by atoms with Gasteiger partial charge in [-0.15, -0.1) is 11.3 Å². The minimum Gasteiger partial charge on any atom is -0.395 e. The van der Waals surface area contributed by atoms with Crippen LogP contribution in [0, 0.1) is 0 Å². The summed E-state index contributed by atoms with van der Waals surface area (Å²) in [6.45, 7) is 0.752. The molecule has 0 bridgehead atoms. The number of rotatable bonds is 7. The van der Waals surface area contributed by atoms with E-state index in [1.807, 2.05) is 4.90 Å². The number of primary amides is 1. The smallest absolute Gasteiger partial charge is 0.251 e. The third kappa shape index (κ3) is 3.76. The van der Waals surface area contributed by atoms with Crippen LogP contribution in [0.3, 0.4) is 0 Å². The molecule has 104 valence electrons. The van der Waals surface area contributed by atoms with Gasteiger partial charge < -0.3 is 16.2 Å². The Balaban J connectivity index is 1.92. The molecule has 1 saturated carbocycles. The fourth-order valence-corrected chi connectivity index (χ4v) is 2.72. The number of aliphatic hydroxyl groups is 1. The number of aliphatic hydroxyl groups excluding tert-OH is 1. The zero-order chi connectivity index (χ0) is 13.8. The first-order chi connectivity index (χ1) is 9.11. The van der Waals surface area contributed by atoms with E-state index in [1.54, 1.807) is 11.4 Å². The van der Waals surface area contributed by atoms with Crippen molar-refractivity contribution in [3.05, 3.63) is 17.0 Å². The highest BCUT2D eigenvalue weighted by Gasteiger charge is 2.29. The topological polar surface area (TPSA) is 95.7 Å². The van der Waals surface area contributed by atoms with Crippen molar-refractivity contribution in [2.45, 2.75) is 18.9 Å². The first-order valence-electron chi connectivity index (χ1n) is 6.14. The average Bonchev–Trinajstić information content (AvgIpc) is 3.09. The molecule has 19 heavy (non-hydrogen) atoms. The van der Waals surface area contributed by atoms with Gasteiger partial charge in [0.1, 0.15) is 5.00 Å². The molecule has 1 aliphatic rings. The first kappa shape index (κ1) is 14.0. The summed E-state index contributed by atoms with van der Waals surface area (Å²) in [6, 6.07) is 1.99. The van der Waals surface area contributed by atoms with E-state index < -0.39 is 5.91 Å². The van der Waals surface area contributed by atoms with Gasteiger partial charge in [-0.1, -0.05) is 0 Å². The Hall–Kier alpha value is -1.44. The van der Waals surface area contributed by atoms with Gasteiger partial charge in [0.25, 0.3) is 5.91 Å². The van der Waals surface area contributed by atoms with Crippen LogP contribution < -0.4 is 11.1 Å². The van der Waals surface area contributed by atoms with Crippen molar-refractivity contribution in [3.8, 4) is 0 Å². The lowest BCUT2D eigenvalue weighted by Crippen LogP contribution is -2.36. The summed E-state index contributed by atoms with van der Waals surface area (Å²) in [5, 5.41) is 13.9. The molecule has 1 aromatic rings. The lowest BCUT2D eigenvalue weighted by atomic mass is 10.3. The molecule has 4 N–H and O–H groups in total. The number of thiophene rings is 1. The maximum absolute atomic E-state index is 11.9. The lowest BCUT2D eigenvalue weighted by molar-refractivity contribution is -0.117. The number of carbonyl (C=O) groups excluding carboxylic acids is 2. The number of hydrogen-bond donors (Lipinski definition) is 3. The number of nitrogens with two attached hydrogens (primary N) is 1. The van der Waals surface area contributed by atoms with E-state index in [9.17, 15) is 9.59 Å². The number of nitrogens with one attached hydrogen (secondary N) is 1. The summed E-state index contributed by atoms with van der Waals surface area (Å²) in [7, 11) is 0. The normalized spacial score (nSPS) is 14.6. The third-order valence-corrected chi connectivity index (χ3v) is 3.81. The van der Waals surface area contributed by atoms with Crippen molar-refractivity contribution in [3.63, 3.8) is 0 Å². The third-order valence-electron chi connectivity index (χ3n) is 2.98. The summed E-state index contributed by atoms with van der Waals surface area (Å²) >= 11 is 1.27. The van der Waals surface area contributed by atoms with Crippen LogP contribution >= 0.6 is 11.3 Å². The Kier molecular flexibility index (Phi) is 4.52. The number of nitrogens with zero attached hydrogens (tertiary/aromatic N) is 1. The molecule has 6 nitrogen and oxygen atoms in total. The van der Waals surface area contributed by atoms with E-state index in [-0.39, 0.29) is 19.1 Å². The molecule has 0 spiro atoms. The summed E-state index contributed by atoms with van der Waals surface area (Å²) in [5.74, 6) is -0.740. The highest BCUT2D eigenvalue weighted by molar-refractivity contribution is 7.14. The minimum absolute atomic E-state index is 0.0370. The minimum atomic E-state index is -0.550. The number of anilines is 1. The van der Waals surface area contributed by atoms with Crippen molar-refractivity contribution in [1.82, 2.24) is 4.90 Å². The maximum atomic E-state index is 11.9. The Morgan fingerprint density at radius 2 is 2.26 bits per heavy atom. The maximum Gasteiger partial charge on any atom is 0.251 e. The molecular formula is C12H17N3O3S. The molecule has 0 radical (unpaired) electrons. The second kappa shape index (κ2) is 6.14. The molecule has 7 heteroatoms. The Morgan fingerprint density at radius 3 is 2.84 bits per heavy atom. The molecule has 0 unspecified atom stereocenters. The molecule has 2 amide bonds. The van der Waals surface area contributed by atoms with Crippen molar-refractivity contribution in [2.75, 3.05) is 25.0 Å². The van der Waals surface area contributed by atoms with E-state index in [1.165, 1.54) is 11.3 Å². The van der Waals surface area contributed by atoms with Crippen molar-refractivity contribution in [1.29, 1.82) is 0 Å². The number of amides is 2. The van der Waals surface area contributed by atoms with Gasteiger partial charge in [0.05, 0.1) is 18.7 Å². The highest BCUT2D eigenvalue weighted by atomic mass is 32.1. The molecule has 0 atom stereocenters. The molecule has 0 aliphatic heterocycles. The van der Waals surface area contributed by atoms with Gasteiger partial charge in [0.2, 0.25) is 5.91 Å². The lowest BCUT2D eigenvalue weighted by Gasteiger charge is -2.19. The first-order valence-corrected chi connectivity index (χ1v) is 7.02. The van der Waals surface area contributed by atoms with Gasteiger partial charge in [-0.2, -0.15) is 0 Å². The summed E-state index contributed by atoms with van der Waals surface area (Å²) < 4.78 is 0. The summed E-state index contributed by atoms with van der Waals surface area (Å²) in [4.78, 5) is 25.0. The van der Waals surface area contributed by atoms with Crippen LogP contribution in [0.15, 0.2) is 11.4 Å². The zero-order valence-corrected chi connectivity index (χ0v) is 11.3. The molecule has 1 aliphatic carbocycles. The van der Waals surface area contributed by atoms with Crippen LogP contribution in [-0.2, 0) is 4.79 Å². The molecule has 0 aromatic carbocycles. The van der Waals surface area contributed by atoms with E-state index in [0.29, 0.717) is 23.2 Å². The van der Waals surface area contributed by atoms with E-state index in [4.69, 9.17) is 10.8 Å². The van der Waals surface area contributed by atoms with Gasteiger partial charge in [0, 0.05) is 12.6 Å². The van der Waals surface area contributed by atoms with Crippen molar-refractivity contribution in [2.24, 2.45) is 5.73 Å². The van der Waals surface area contributed by atoms with Crippen LogP contribution in [0.4, 0.5) is 5.00 Å². The monoisotopic (exact) mass is 283 g/mol. The molecule has 0 saturated heterocycles. The van der Waals surface area contributed by atoms with Gasteiger partial charge >= 0.3 is 0 Å². The summed E-state index contributed by atoms with van der Waals surface area (Å²) in [5.41, 5.74) is 5.55. The molecule has 1 fully saturated rings. The van der Waals surface area contributed by atoms with E-state index in [2.05, 4.69) is 5.32 Å². The van der Waals surface area contributed by atoms with Crippen LogP contribution in [-0.4, -0.2) is 47.6 Å². The largest absolute Gasteiger partial charge is 0.395 e. The van der Waals surface area contributed by atoms with Gasteiger partial charge in [-0.3, -0.25) is 14.5 Å². The Morgan fingerprint density at radius 1 is 1.53 bits per heavy atom. The second-order valence-electron chi connectivity index (χ2n) is 4.50. The average molecular weight is 283 g/mol. The van der Waals surface area contributed by atoms with Gasteiger partial charge in [-0.25, -0.2) is 0 Å². The van der Waals surface area contributed by atoms with Gasteiger partial charge in [-0.05, 0) is 24.3 Å². The molecule has 1 aromatic heterocycles. The molecule has 2 rings (SSSR count). The van der Waals surface area contributed by atoms with Crippen LogP contribution in [0.2, 0.25) is 0 Å². The van der Waals surface area contributed by atoms with Crippen LogP contribution in [0.1, 0.15) is 23.2 Å². The van der Waals surface area contributed by atoms with Crippen molar-refractivity contribution >= 4 is 28.2 Å². The zero-order valence-electron chi connectivity index (χ0n) is 10.5. The fourth-order valence-electron chi connectivity index (χ4n) is 1.91. The molecule has 1 heterocycles. The summed E-state index contributed by atoms with van der Waals surface area (Å²) in [6.07, 6.45) is 2.14. The van der Waals surface area contributed by atoms with Crippen LogP contribution in [0.5, 0.6) is 0 Å². The standard InChI is InChI=1S/C12H17N3O3S/c13-11(18)9-3-6-19-12(9)14-10(17)7-15(4-5-16)8-1-2-8/h3,6,8,16H,1-2,4-5,7H2,(H2,13,18)(H,14,17). The van der Waals surface area contributed by atoms with Gasteiger partial charge in [0.15, 0.2) is 0 Å². The Bertz CT molecular complexity index is 471. The predicted octanol–water partition coefficient (Wildman–Crippen LogP) is 0.242. The Labute approximate surface area is 115 Å². The number of carbonyl (C=O) groups is 2. The predicted molar refractivity (Wildman–Crippen MR) is 73.1 cm³/mol. The van der Waals surface area contributed by atoms with E-state index in [0.717, 1.165) is 12.8 Å². The molecular weight excluding hydrogens is 266 g/mol.